The molecule has 0 fully saturated rings. The Morgan fingerprint density at radius 3 is 2.63 bits per heavy atom. The predicted octanol–water partition coefficient (Wildman–Crippen LogP) is 2.49. The summed E-state index contributed by atoms with van der Waals surface area (Å²) in [7, 11) is -2.08. The second-order valence-electron chi connectivity index (χ2n) is 7.49. The Morgan fingerprint density at radius 2 is 2.00 bits per heavy atom. The third-order valence-electron chi connectivity index (χ3n) is 5.51. The van der Waals surface area contributed by atoms with E-state index in [9.17, 15) is 18.3 Å². The van der Waals surface area contributed by atoms with Crippen LogP contribution in [0.1, 0.15) is 35.2 Å². The van der Waals surface area contributed by atoms with Crippen molar-refractivity contribution in [3.63, 3.8) is 0 Å². The normalized spacial score (nSPS) is 19.4. The highest BCUT2D eigenvalue weighted by Crippen LogP contribution is 2.40. The molecule has 2 aromatic heterocycles. The monoisotopic (exact) mass is 429 g/mol. The molecule has 158 valence electrons. The molecule has 1 amide bonds. The summed E-state index contributed by atoms with van der Waals surface area (Å²) in [6.45, 7) is 1.94. The van der Waals surface area contributed by atoms with Gasteiger partial charge in [0.05, 0.1) is 23.3 Å². The Bertz CT molecular complexity index is 1220. The Hall–Kier alpha value is -2.91. The van der Waals surface area contributed by atoms with E-state index in [4.69, 9.17) is 4.42 Å². The van der Waals surface area contributed by atoms with Gasteiger partial charge >= 0.3 is 0 Å². The molecule has 2 atom stereocenters. The van der Waals surface area contributed by atoms with Gasteiger partial charge in [0.25, 0.3) is 5.91 Å². The lowest BCUT2D eigenvalue weighted by Gasteiger charge is -2.21. The average molecular weight is 429 g/mol. The van der Waals surface area contributed by atoms with Crippen LogP contribution in [-0.4, -0.2) is 50.4 Å². The first-order valence-electron chi connectivity index (χ1n) is 9.63. The smallest absolute Gasteiger partial charge is 0.255 e. The van der Waals surface area contributed by atoms with E-state index in [0.29, 0.717) is 27.8 Å². The van der Waals surface area contributed by atoms with Gasteiger partial charge in [0.1, 0.15) is 11.6 Å². The van der Waals surface area contributed by atoms with Crippen molar-refractivity contribution in [3.05, 3.63) is 47.5 Å². The molecular formula is C21H23N3O5S. The number of anilines is 1. The fourth-order valence-electron chi connectivity index (χ4n) is 3.84. The summed E-state index contributed by atoms with van der Waals surface area (Å²) in [6.07, 6.45) is 0.654. The zero-order valence-electron chi connectivity index (χ0n) is 16.9. The Kier molecular flexibility index (Phi) is 5.03. The van der Waals surface area contributed by atoms with E-state index in [1.807, 2.05) is 37.3 Å². The molecule has 4 rings (SSSR count). The summed E-state index contributed by atoms with van der Waals surface area (Å²) in [5, 5.41) is 13.6. The van der Waals surface area contributed by atoms with Crippen LogP contribution in [0.15, 0.2) is 40.8 Å². The summed E-state index contributed by atoms with van der Waals surface area (Å²) in [6, 6.07) is 10.9. The van der Waals surface area contributed by atoms with Gasteiger partial charge in [0, 0.05) is 30.6 Å². The summed E-state index contributed by atoms with van der Waals surface area (Å²) >= 11 is 0. The molecule has 3 heterocycles. The Balaban J connectivity index is 2.05. The van der Waals surface area contributed by atoms with Gasteiger partial charge in [-0.05, 0) is 12.5 Å². The molecule has 0 bridgehead atoms. The number of fused-ring (bicyclic) bond motifs is 2. The van der Waals surface area contributed by atoms with Crippen molar-refractivity contribution in [1.82, 2.24) is 10.3 Å². The molecule has 0 saturated carbocycles. The number of sulfonamides is 1. The van der Waals surface area contributed by atoms with Crippen LogP contribution in [0.3, 0.4) is 0 Å². The van der Waals surface area contributed by atoms with E-state index < -0.39 is 16.1 Å². The first kappa shape index (κ1) is 20.4. The second-order valence-corrected chi connectivity index (χ2v) is 9.39. The first-order valence-corrected chi connectivity index (χ1v) is 11.5. The molecule has 9 heteroatoms. The summed E-state index contributed by atoms with van der Waals surface area (Å²) < 4.78 is 32.0. The molecule has 0 spiro atoms. The van der Waals surface area contributed by atoms with Crippen LogP contribution >= 0.6 is 0 Å². The van der Waals surface area contributed by atoms with Crippen LogP contribution < -0.4 is 9.62 Å². The number of amides is 1. The largest absolute Gasteiger partial charge is 0.437 e. The molecule has 3 aromatic rings. The van der Waals surface area contributed by atoms with Crippen molar-refractivity contribution in [2.45, 2.75) is 25.4 Å². The van der Waals surface area contributed by atoms with E-state index in [-0.39, 0.29) is 36.3 Å². The third kappa shape index (κ3) is 3.33. The molecule has 1 aliphatic rings. The SMILES string of the molecule is CNC(=O)c1c(-c2ccccc2)oc2nc3c(cc12)C(C)C(O)CCN3S(C)(=O)=O. The molecule has 2 unspecified atom stereocenters. The van der Waals surface area contributed by atoms with E-state index in [0.717, 1.165) is 6.26 Å². The van der Waals surface area contributed by atoms with Crippen LogP contribution in [0.5, 0.6) is 0 Å². The maximum atomic E-state index is 12.7. The fraction of sp³-hybridized carbons (Fsp3) is 0.333. The lowest BCUT2D eigenvalue weighted by atomic mass is 9.94. The third-order valence-corrected chi connectivity index (χ3v) is 6.67. The lowest BCUT2D eigenvalue weighted by molar-refractivity contribution is 0.0964. The highest BCUT2D eigenvalue weighted by Gasteiger charge is 2.34. The van der Waals surface area contributed by atoms with E-state index >= 15 is 0 Å². The van der Waals surface area contributed by atoms with Gasteiger partial charge in [-0.3, -0.25) is 9.10 Å². The average Bonchev–Trinajstić information content (AvgIpc) is 3.04. The Labute approximate surface area is 174 Å². The number of aromatic nitrogens is 1. The van der Waals surface area contributed by atoms with E-state index in [2.05, 4.69) is 10.3 Å². The molecular weight excluding hydrogens is 406 g/mol. The number of nitrogens with zero attached hydrogens (tertiary/aromatic N) is 2. The van der Waals surface area contributed by atoms with Gasteiger partial charge in [-0.2, -0.15) is 4.98 Å². The number of pyridine rings is 1. The van der Waals surface area contributed by atoms with E-state index in [1.165, 1.54) is 11.4 Å². The van der Waals surface area contributed by atoms with Crippen molar-refractivity contribution >= 4 is 32.8 Å². The number of hydrogen-bond donors (Lipinski definition) is 2. The minimum atomic E-state index is -3.62. The zero-order chi connectivity index (χ0) is 21.6. The zero-order valence-corrected chi connectivity index (χ0v) is 17.7. The second kappa shape index (κ2) is 7.41. The van der Waals surface area contributed by atoms with Gasteiger partial charge < -0.3 is 14.8 Å². The first-order chi connectivity index (χ1) is 14.2. The van der Waals surface area contributed by atoms with Gasteiger partial charge in [-0.25, -0.2) is 8.42 Å². The Morgan fingerprint density at radius 1 is 1.30 bits per heavy atom. The van der Waals surface area contributed by atoms with E-state index in [1.54, 1.807) is 6.07 Å². The molecule has 0 aliphatic carbocycles. The number of aliphatic hydroxyl groups is 1. The van der Waals surface area contributed by atoms with Gasteiger partial charge in [-0.1, -0.05) is 37.3 Å². The van der Waals surface area contributed by atoms with Crippen LogP contribution in [0.25, 0.3) is 22.4 Å². The van der Waals surface area contributed by atoms with Crippen LogP contribution in [0, 0.1) is 0 Å². The predicted molar refractivity (Wildman–Crippen MR) is 114 cm³/mol. The van der Waals surface area contributed by atoms with Crippen molar-refractivity contribution < 1.29 is 22.7 Å². The van der Waals surface area contributed by atoms with Crippen LogP contribution in [-0.2, 0) is 10.0 Å². The van der Waals surface area contributed by atoms with Crippen molar-refractivity contribution in [2.75, 3.05) is 24.2 Å². The molecule has 1 aromatic carbocycles. The standard InChI is InChI=1S/C21H23N3O5S/c1-12-14-11-15-17(20(26)22-2)18(13-7-5-4-6-8-13)29-21(15)23-19(14)24(30(3,27)28)10-9-16(12)25/h4-8,11-12,16,25H,9-10H2,1-3H3,(H,22,26). The van der Waals surface area contributed by atoms with Crippen molar-refractivity contribution in [2.24, 2.45) is 0 Å². The summed E-state index contributed by atoms with van der Waals surface area (Å²) in [5.74, 6) is -0.116. The quantitative estimate of drug-likeness (QED) is 0.661. The van der Waals surface area contributed by atoms with Crippen LogP contribution in [0.2, 0.25) is 0 Å². The number of carbonyl (C=O) groups excluding carboxylic acids is 1. The minimum Gasteiger partial charge on any atom is -0.437 e. The number of rotatable bonds is 3. The maximum Gasteiger partial charge on any atom is 0.255 e. The lowest BCUT2D eigenvalue weighted by Crippen LogP contribution is -2.32. The van der Waals surface area contributed by atoms with Gasteiger partial charge in [0.15, 0.2) is 0 Å². The van der Waals surface area contributed by atoms with Crippen molar-refractivity contribution in [1.29, 1.82) is 0 Å². The number of aliphatic hydroxyl groups excluding tert-OH is 1. The number of hydrogen-bond acceptors (Lipinski definition) is 6. The number of benzene rings is 1. The van der Waals surface area contributed by atoms with Gasteiger partial charge in [0.2, 0.25) is 15.7 Å². The van der Waals surface area contributed by atoms with Gasteiger partial charge in [-0.15, -0.1) is 0 Å². The molecule has 30 heavy (non-hydrogen) atoms. The highest BCUT2D eigenvalue weighted by atomic mass is 32.2. The number of furan rings is 1. The summed E-state index contributed by atoms with van der Waals surface area (Å²) in [5.41, 5.74) is 1.76. The molecule has 0 saturated heterocycles. The molecule has 1 aliphatic heterocycles. The maximum absolute atomic E-state index is 12.7. The topological polar surface area (TPSA) is 113 Å². The minimum absolute atomic E-state index is 0.115. The number of carbonyl (C=O) groups is 1. The molecule has 8 nitrogen and oxygen atoms in total. The highest BCUT2D eigenvalue weighted by molar-refractivity contribution is 7.92. The number of nitrogens with one attached hydrogen (secondary N) is 1. The van der Waals surface area contributed by atoms with Crippen LogP contribution in [0.4, 0.5) is 5.82 Å². The summed E-state index contributed by atoms with van der Waals surface area (Å²) in [4.78, 5) is 17.3. The molecule has 2 N–H and O–H groups in total. The van der Waals surface area contributed by atoms with Crippen molar-refractivity contribution in [3.8, 4) is 11.3 Å². The molecule has 0 radical (unpaired) electrons. The fourth-order valence-corrected chi connectivity index (χ4v) is 4.74.